The monoisotopic (exact) mass is 322 g/mol. The maximum absolute atomic E-state index is 12.7. The van der Waals surface area contributed by atoms with Gasteiger partial charge in [-0.2, -0.15) is 5.26 Å². The van der Waals surface area contributed by atoms with Crippen LogP contribution in [0.5, 0.6) is 0 Å². The van der Waals surface area contributed by atoms with Crippen molar-refractivity contribution in [2.24, 2.45) is 0 Å². The van der Waals surface area contributed by atoms with Crippen molar-refractivity contribution in [2.45, 2.75) is 19.5 Å². The van der Waals surface area contributed by atoms with Crippen molar-refractivity contribution in [3.05, 3.63) is 30.4 Å². The van der Waals surface area contributed by atoms with Gasteiger partial charge in [-0.1, -0.05) is 0 Å². The molecule has 0 amide bonds. The average molecular weight is 322 g/mol. The molecule has 2 rings (SSSR count). The van der Waals surface area contributed by atoms with Gasteiger partial charge in [-0.3, -0.25) is 9.55 Å². The molecule has 0 aliphatic rings. The first-order chi connectivity index (χ1) is 10.6. The van der Waals surface area contributed by atoms with Gasteiger partial charge >= 0.3 is 7.60 Å². The quantitative estimate of drug-likeness (QED) is 0.715. The van der Waals surface area contributed by atoms with E-state index >= 15 is 0 Å². The van der Waals surface area contributed by atoms with Crippen LogP contribution in [0.3, 0.4) is 0 Å². The summed E-state index contributed by atoms with van der Waals surface area (Å²) in [6.45, 7) is 3.61. The first kappa shape index (κ1) is 16.3. The molecule has 0 saturated carbocycles. The smallest absolute Gasteiger partial charge is 0.357 e. The van der Waals surface area contributed by atoms with Crippen LogP contribution in [0.4, 0.5) is 0 Å². The van der Waals surface area contributed by atoms with Crippen molar-refractivity contribution in [3.63, 3.8) is 0 Å². The van der Waals surface area contributed by atoms with Crippen molar-refractivity contribution < 1.29 is 18.0 Å². The highest BCUT2D eigenvalue weighted by atomic mass is 31.2. The third kappa shape index (κ3) is 3.39. The van der Waals surface area contributed by atoms with E-state index in [-0.39, 0.29) is 25.0 Å². The van der Waals surface area contributed by atoms with Gasteiger partial charge in [0, 0.05) is 18.0 Å². The summed E-state index contributed by atoms with van der Waals surface area (Å²) in [7, 11) is -3.70. The fourth-order valence-electron chi connectivity index (χ4n) is 1.76. The number of nitriles is 1. The van der Waals surface area contributed by atoms with E-state index in [2.05, 4.69) is 15.2 Å². The molecule has 0 N–H and O–H groups in total. The minimum Gasteiger partial charge on any atom is -0.419 e. The van der Waals surface area contributed by atoms with E-state index in [1.807, 2.05) is 6.07 Å². The maximum atomic E-state index is 12.7. The normalized spacial score (nSPS) is 12.8. The molecule has 0 bridgehead atoms. The van der Waals surface area contributed by atoms with Crippen LogP contribution in [-0.4, -0.2) is 28.4 Å². The second-order valence-corrected chi connectivity index (χ2v) is 6.20. The van der Waals surface area contributed by atoms with Gasteiger partial charge < -0.3 is 13.5 Å². The molecule has 8 nitrogen and oxygen atoms in total. The van der Waals surface area contributed by atoms with Crippen LogP contribution in [0.25, 0.3) is 11.5 Å². The van der Waals surface area contributed by atoms with Crippen LogP contribution in [0.15, 0.2) is 28.9 Å². The van der Waals surface area contributed by atoms with Crippen LogP contribution >= 0.6 is 7.60 Å². The summed E-state index contributed by atoms with van der Waals surface area (Å²) in [6, 6.07) is 5.24. The Bertz CT molecular complexity index is 688. The van der Waals surface area contributed by atoms with E-state index in [1.54, 1.807) is 38.4 Å². The summed E-state index contributed by atoms with van der Waals surface area (Å²) in [5.74, 6) is 0.108. The Kier molecular flexibility index (Phi) is 5.39. The fourth-order valence-corrected chi connectivity index (χ4v) is 3.37. The fraction of sp³-hybridized carbons (Fsp3) is 0.385. The zero-order valence-electron chi connectivity index (χ0n) is 12.2. The molecule has 9 heteroatoms. The summed E-state index contributed by atoms with van der Waals surface area (Å²) in [6.07, 6.45) is 3.15. The predicted molar refractivity (Wildman–Crippen MR) is 76.7 cm³/mol. The summed E-state index contributed by atoms with van der Waals surface area (Å²) >= 11 is 0. The van der Waals surface area contributed by atoms with Crippen molar-refractivity contribution >= 4 is 7.60 Å². The Balaban J connectivity index is 2.34. The van der Waals surface area contributed by atoms with Gasteiger partial charge in [0.25, 0.3) is 0 Å². The van der Waals surface area contributed by atoms with E-state index in [9.17, 15) is 9.83 Å². The predicted octanol–water partition coefficient (Wildman–Crippen LogP) is 2.96. The van der Waals surface area contributed by atoms with Crippen molar-refractivity contribution in [2.75, 3.05) is 13.2 Å². The Morgan fingerprint density at radius 3 is 2.45 bits per heavy atom. The highest BCUT2D eigenvalue weighted by Crippen LogP contribution is 2.60. The van der Waals surface area contributed by atoms with E-state index in [4.69, 9.17) is 13.5 Å². The molecule has 0 aliphatic heterocycles. The van der Waals surface area contributed by atoms with Gasteiger partial charge in [-0.05, 0) is 26.0 Å². The molecule has 2 aromatic rings. The highest BCUT2D eigenvalue weighted by Gasteiger charge is 2.41. The summed E-state index contributed by atoms with van der Waals surface area (Å²) in [4.78, 5) is 3.89. The number of hydrogen-bond acceptors (Lipinski definition) is 8. The molecule has 2 aromatic heterocycles. The molecule has 116 valence electrons. The second-order valence-electron chi connectivity index (χ2n) is 4.09. The Labute approximate surface area is 127 Å². The number of nitrogens with zero attached hydrogens (tertiary/aromatic N) is 4. The minimum atomic E-state index is -3.70. The lowest BCUT2D eigenvalue weighted by molar-refractivity contribution is 0.213. The average Bonchev–Trinajstić information content (AvgIpc) is 2.99. The lowest BCUT2D eigenvalue weighted by Crippen LogP contribution is -2.05. The van der Waals surface area contributed by atoms with Crippen LogP contribution < -0.4 is 0 Å². The zero-order chi connectivity index (χ0) is 16.0. The maximum Gasteiger partial charge on any atom is 0.357 e. The van der Waals surface area contributed by atoms with Gasteiger partial charge in [0.05, 0.1) is 19.3 Å². The van der Waals surface area contributed by atoms with E-state index in [1.165, 1.54) is 0 Å². The van der Waals surface area contributed by atoms with E-state index in [0.717, 1.165) is 0 Å². The van der Waals surface area contributed by atoms with E-state index < -0.39 is 13.3 Å². The van der Waals surface area contributed by atoms with Gasteiger partial charge in [0.1, 0.15) is 0 Å². The Morgan fingerprint density at radius 1 is 1.27 bits per heavy atom. The molecule has 1 unspecified atom stereocenters. The highest BCUT2D eigenvalue weighted by molar-refractivity contribution is 7.54. The Hall–Kier alpha value is -2.07. The third-order valence-electron chi connectivity index (χ3n) is 2.66. The molecule has 1 atom stereocenters. The lowest BCUT2D eigenvalue weighted by Gasteiger charge is -2.18. The largest absolute Gasteiger partial charge is 0.419 e. The number of rotatable bonds is 7. The van der Waals surface area contributed by atoms with E-state index in [0.29, 0.717) is 5.56 Å². The van der Waals surface area contributed by atoms with Crippen molar-refractivity contribution in [1.82, 2.24) is 15.2 Å². The molecule has 0 saturated heterocycles. The Morgan fingerprint density at radius 2 is 1.91 bits per heavy atom. The van der Waals surface area contributed by atoms with Crippen LogP contribution in [-0.2, 0) is 13.6 Å². The second kappa shape index (κ2) is 7.27. The standard InChI is InChI=1S/C13H15N4O4P/c1-3-19-22(18,20-4-2)11(9-14)13-17-16-12(21-13)10-5-7-15-8-6-10/h5-8,11H,3-4H2,1-2H3. The molecule has 0 radical (unpaired) electrons. The molecular weight excluding hydrogens is 307 g/mol. The van der Waals surface area contributed by atoms with Gasteiger partial charge in [-0.15, -0.1) is 10.2 Å². The minimum absolute atomic E-state index is 0.0976. The topological polar surface area (TPSA) is 111 Å². The van der Waals surface area contributed by atoms with Crippen LogP contribution in [0, 0.1) is 11.3 Å². The first-order valence-electron chi connectivity index (χ1n) is 6.66. The summed E-state index contributed by atoms with van der Waals surface area (Å²) in [5.41, 5.74) is -0.622. The molecule has 0 aliphatic carbocycles. The van der Waals surface area contributed by atoms with Gasteiger partial charge in [-0.25, -0.2) is 0 Å². The van der Waals surface area contributed by atoms with Crippen molar-refractivity contribution in [1.29, 1.82) is 5.26 Å². The van der Waals surface area contributed by atoms with Crippen LogP contribution in [0.2, 0.25) is 0 Å². The molecular formula is C13H15N4O4P. The lowest BCUT2D eigenvalue weighted by atomic mass is 10.3. The zero-order valence-corrected chi connectivity index (χ0v) is 13.1. The van der Waals surface area contributed by atoms with Crippen LogP contribution in [0.1, 0.15) is 25.4 Å². The third-order valence-corrected chi connectivity index (χ3v) is 4.86. The molecule has 22 heavy (non-hydrogen) atoms. The number of aromatic nitrogens is 3. The number of hydrogen-bond donors (Lipinski definition) is 0. The summed E-state index contributed by atoms with van der Waals surface area (Å²) < 4.78 is 28.5. The van der Waals surface area contributed by atoms with Gasteiger partial charge in [0.15, 0.2) is 0 Å². The van der Waals surface area contributed by atoms with Gasteiger partial charge in [0.2, 0.25) is 17.4 Å². The number of pyridine rings is 1. The SMILES string of the molecule is CCOP(=O)(OCC)C(C#N)c1nnc(-c2ccncc2)o1. The molecule has 2 heterocycles. The summed E-state index contributed by atoms with van der Waals surface area (Å²) in [5, 5.41) is 17.0. The van der Waals surface area contributed by atoms with Crippen molar-refractivity contribution in [3.8, 4) is 17.5 Å². The molecule has 0 fully saturated rings. The first-order valence-corrected chi connectivity index (χ1v) is 8.28. The molecule has 0 aromatic carbocycles. The molecule has 0 spiro atoms.